The van der Waals surface area contributed by atoms with Gasteiger partial charge in [0.25, 0.3) is 10.0 Å². The lowest BCUT2D eigenvalue weighted by molar-refractivity contribution is -0.115. The number of pyridine rings is 1. The van der Waals surface area contributed by atoms with Gasteiger partial charge in [0.05, 0.1) is 21.3 Å². The summed E-state index contributed by atoms with van der Waals surface area (Å²) < 4.78 is 27.8. The monoisotopic (exact) mass is 550 g/mol. The Balaban J connectivity index is 1.75. The quantitative estimate of drug-likeness (QED) is 0.347. The molecule has 0 fully saturated rings. The van der Waals surface area contributed by atoms with E-state index in [4.69, 9.17) is 5.73 Å². The van der Waals surface area contributed by atoms with Crippen LogP contribution >= 0.6 is 11.8 Å². The molecular formula is C25H26N8O3S2. The number of thioether (sulfide) groups is 1. The van der Waals surface area contributed by atoms with Gasteiger partial charge in [0.1, 0.15) is 23.0 Å². The minimum atomic E-state index is -3.94. The molecule has 0 saturated heterocycles. The first kappa shape index (κ1) is 28.4. The maximum absolute atomic E-state index is 12.9. The van der Waals surface area contributed by atoms with Crippen LogP contribution < -0.4 is 15.8 Å². The van der Waals surface area contributed by atoms with Gasteiger partial charge in [-0.25, -0.2) is 28.1 Å². The van der Waals surface area contributed by atoms with E-state index in [9.17, 15) is 23.7 Å². The van der Waals surface area contributed by atoms with Crippen LogP contribution in [-0.4, -0.2) is 34.5 Å². The third-order valence-electron chi connectivity index (χ3n) is 5.33. The summed E-state index contributed by atoms with van der Waals surface area (Å²) in [6, 6.07) is 11.4. The fourth-order valence-electron chi connectivity index (χ4n) is 3.62. The molecule has 0 aliphatic rings. The van der Waals surface area contributed by atoms with Crippen molar-refractivity contribution in [3.05, 3.63) is 58.4 Å². The number of benzene rings is 1. The third-order valence-corrected chi connectivity index (χ3v) is 7.76. The average molecular weight is 551 g/mol. The number of rotatable bonds is 8. The van der Waals surface area contributed by atoms with Gasteiger partial charge in [0.2, 0.25) is 11.9 Å². The lowest BCUT2D eigenvalue weighted by Crippen LogP contribution is -2.23. The molecule has 0 saturated carbocycles. The molecule has 4 N–H and O–H groups in total. The first-order valence-electron chi connectivity index (χ1n) is 11.4. The topological polar surface area (TPSA) is 188 Å². The number of hydrogen-bond acceptors (Lipinski definition) is 10. The zero-order valence-corrected chi connectivity index (χ0v) is 23.0. The molecule has 11 nitrogen and oxygen atoms in total. The molecule has 196 valence electrons. The van der Waals surface area contributed by atoms with Gasteiger partial charge in [0.15, 0.2) is 0 Å². The van der Waals surface area contributed by atoms with Crippen LogP contribution in [0.2, 0.25) is 0 Å². The van der Waals surface area contributed by atoms with Gasteiger partial charge >= 0.3 is 0 Å². The first-order valence-corrected chi connectivity index (χ1v) is 13.8. The number of nitrogens with zero attached hydrogens (tertiary/aromatic N) is 5. The first-order chi connectivity index (χ1) is 17.9. The zero-order valence-electron chi connectivity index (χ0n) is 21.4. The summed E-state index contributed by atoms with van der Waals surface area (Å²) in [5.41, 5.74) is 8.46. The van der Waals surface area contributed by atoms with Gasteiger partial charge in [-0.15, -0.1) is 0 Å². The Kier molecular flexibility index (Phi) is 8.56. The molecule has 13 heteroatoms. The highest BCUT2D eigenvalue weighted by molar-refractivity contribution is 8.00. The zero-order chi connectivity index (χ0) is 28.2. The van der Waals surface area contributed by atoms with E-state index in [1.165, 1.54) is 24.3 Å². The predicted octanol–water partition coefficient (Wildman–Crippen LogP) is 3.86. The summed E-state index contributed by atoms with van der Waals surface area (Å²) in [6.45, 7) is 8.80. The number of aromatic nitrogens is 3. The van der Waals surface area contributed by atoms with E-state index in [-0.39, 0.29) is 38.7 Å². The van der Waals surface area contributed by atoms with Crippen molar-refractivity contribution in [3.8, 4) is 12.1 Å². The van der Waals surface area contributed by atoms with Crippen molar-refractivity contribution in [2.24, 2.45) is 0 Å². The highest BCUT2D eigenvalue weighted by atomic mass is 32.2. The van der Waals surface area contributed by atoms with Gasteiger partial charge in [-0.1, -0.05) is 25.6 Å². The number of anilines is 3. The predicted molar refractivity (Wildman–Crippen MR) is 145 cm³/mol. The van der Waals surface area contributed by atoms with E-state index in [1.54, 1.807) is 26.8 Å². The number of nitrogens with one attached hydrogen (secondary N) is 2. The van der Waals surface area contributed by atoms with Crippen LogP contribution in [0.4, 0.5) is 17.5 Å². The van der Waals surface area contributed by atoms with E-state index >= 15 is 0 Å². The number of nitrogen functional groups attached to an aromatic ring is 1. The molecule has 0 radical (unpaired) electrons. The number of carbonyl (C=O) groups is 1. The van der Waals surface area contributed by atoms with Gasteiger partial charge in [-0.2, -0.15) is 10.5 Å². The molecule has 1 atom stereocenters. The van der Waals surface area contributed by atoms with Crippen molar-refractivity contribution in [1.82, 2.24) is 15.0 Å². The number of nitriles is 2. The van der Waals surface area contributed by atoms with Crippen LogP contribution in [0.1, 0.15) is 54.8 Å². The van der Waals surface area contributed by atoms with Crippen LogP contribution in [0, 0.1) is 36.5 Å². The second-order valence-corrected chi connectivity index (χ2v) is 11.7. The molecule has 3 aromatic rings. The highest BCUT2D eigenvalue weighted by Crippen LogP contribution is 2.35. The second kappa shape index (κ2) is 11.5. The fraction of sp³-hybridized carbons (Fsp3) is 0.280. The lowest BCUT2D eigenvalue weighted by atomic mass is 9.94. The maximum Gasteiger partial charge on any atom is 0.264 e. The Morgan fingerprint density at radius 1 is 1.00 bits per heavy atom. The number of nitrogens with two attached hydrogens (primary N) is 1. The van der Waals surface area contributed by atoms with Crippen molar-refractivity contribution in [2.75, 3.05) is 15.8 Å². The smallest absolute Gasteiger partial charge is 0.264 e. The van der Waals surface area contributed by atoms with Crippen molar-refractivity contribution < 1.29 is 13.2 Å². The number of carbonyl (C=O) groups excluding carboxylic acids is 1. The molecule has 0 aliphatic carbocycles. The minimum absolute atomic E-state index is 0.00180. The van der Waals surface area contributed by atoms with Crippen molar-refractivity contribution in [1.29, 1.82) is 10.5 Å². The molecule has 2 aromatic heterocycles. The molecular weight excluding hydrogens is 524 g/mol. The molecule has 2 heterocycles. The van der Waals surface area contributed by atoms with Crippen LogP contribution in [0.3, 0.4) is 0 Å². The Labute approximate surface area is 225 Å². The van der Waals surface area contributed by atoms with Crippen molar-refractivity contribution >= 4 is 45.1 Å². The number of hydrogen-bond donors (Lipinski definition) is 3. The Hall–Kier alpha value is -4.20. The summed E-state index contributed by atoms with van der Waals surface area (Å²) in [5.74, 6) is -0.576. The van der Waals surface area contributed by atoms with E-state index in [2.05, 4.69) is 31.1 Å². The summed E-state index contributed by atoms with van der Waals surface area (Å²) in [6.07, 6.45) is 0. The third kappa shape index (κ3) is 6.37. The van der Waals surface area contributed by atoms with Gasteiger partial charge in [-0.05, 0) is 62.6 Å². The summed E-state index contributed by atoms with van der Waals surface area (Å²) in [5, 5.41) is 21.5. The van der Waals surface area contributed by atoms with Crippen molar-refractivity contribution in [3.63, 3.8) is 0 Å². The number of amides is 1. The SMILES string of the molecule is Cc1cc(C)nc(NS(=O)(=O)c2ccc(NC(=O)C(C)Sc3nc(N)c(C#N)c(C(C)C)c3C#N)cc2)n1. The van der Waals surface area contributed by atoms with E-state index < -0.39 is 21.2 Å². The van der Waals surface area contributed by atoms with Crippen molar-refractivity contribution in [2.45, 2.75) is 55.7 Å². The molecule has 0 aliphatic heterocycles. The summed E-state index contributed by atoms with van der Waals surface area (Å²) in [4.78, 5) is 25.2. The fourth-order valence-corrected chi connectivity index (χ4v) is 5.49. The van der Waals surface area contributed by atoms with E-state index in [0.29, 0.717) is 22.6 Å². The van der Waals surface area contributed by atoms with Gasteiger partial charge in [0, 0.05) is 17.1 Å². The Morgan fingerprint density at radius 3 is 2.11 bits per heavy atom. The molecule has 0 spiro atoms. The van der Waals surface area contributed by atoms with E-state index in [0.717, 1.165) is 11.8 Å². The summed E-state index contributed by atoms with van der Waals surface area (Å²) >= 11 is 1.04. The molecule has 1 amide bonds. The van der Waals surface area contributed by atoms with Gasteiger partial charge < -0.3 is 11.1 Å². The van der Waals surface area contributed by atoms with Crippen LogP contribution in [-0.2, 0) is 14.8 Å². The number of aryl methyl sites for hydroxylation is 2. The lowest BCUT2D eigenvalue weighted by Gasteiger charge is -2.17. The minimum Gasteiger partial charge on any atom is -0.383 e. The van der Waals surface area contributed by atoms with E-state index in [1.807, 2.05) is 19.9 Å². The average Bonchev–Trinajstić information content (AvgIpc) is 2.82. The number of sulfonamides is 1. The van der Waals surface area contributed by atoms with Crippen LogP contribution in [0.15, 0.2) is 40.3 Å². The molecule has 0 bridgehead atoms. The molecule has 3 rings (SSSR count). The molecule has 1 aromatic carbocycles. The normalized spacial score (nSPS) is 11.9. The van der Waals surface area contributed by atoms with Crippen LogP contribution in [0.25, 0.3) is 0 Å². The highest BCUT2D eigenvalue weighted by Gasteiger charge is 2.25. The largest absolute Gasteiger partial charge is 0.383 e. The maximum atomic E-state index is 12.9. The molecule has 1 unspecified atom stereocenters. The standard InChI is InChI=1S/C25H26N8O3S2/c1-13(2)21-19(11-26)22(28)32-24(20(21)12-27)37-16(5)23(34)31-17-6-8-18(9-7-17)38(35,36)33-25-29-14(3)10-15(4)30-25/h6-10,13,16H,1-5H3,(H2,28,32)(H,31,34)(H,29,30,33). The molecule has 38 heavy (non-hydrogen) atoms. The Morgan fingerprint density at radius 2 is 1.58 bits per heavy atom. The van der Waals surface area contributed by atoms with Crippen LogP contribution in [0.5, 0.6) is 0 Å². The van der Waals surface area contributed by atoms with Gasteiger partial charge in [-0.3, -0.25) is 4.79 Å². The summed E-state index contributed by atoms with van der Waals surface area (Å²) in [7, 11) is -3.94. The Bertz CT molecular complexity index is 1550. The second-order valence-electron chi connectivity index (χ2n) is 8.70.